The summed E-state index contributed by atoms with van der Waals surface area (Å²) in [6, 6.07) is 3.00. The Balaban J connectivity index is 1.37. The van der Waals surface area contributed by atoms with E-state index in [1.54, 1.807) is 19.3 Å². The van der Waals surface area contributed by atoms with Gasteiger partial charge in [-0.25, -0.2) is 4.98 Å². The number of nitrogens with zero attached hydrogens (tertiary/aromatic N) is 4. The van der Waals surface area contributed by atoms with E-state index >= 15 is 0 Å². The maximum atomic E-state index is 13.3. The number of anilines is 1. The Hall–Kier alpha value is -3.49. The minimum absolute atomic E-state index is 0.00769. The van der Waals surface area contributed by atoms with Crippen LogP contribution in [0.25, 0.3) is 17.0 Å². The topological polar surface area (TPSA) is 74.1 Å². The van der Waals surface area contributed by atoms with Crippen LogP contribution >= 0.6 is 0 Å². The normalized spacial score (nSPS) is 16.1. The van der Waals surface area contributed by atoms with Crippen LogP contribution in [0.5, 0.6) is 11.5 Å². The lowest BCUT2D eigenvalue weighted by molar-refractivity contribution is -0.286. The molecule has 0 saturated carbocycles. The Morgan fingerprint density at radius 2 is 1.87 bits per heavy atom. The summed E-state index contributed by atoms with van der Waals surface area (Å²) < 4.78 is 37.6. The van der Waals surface area contributed by atoms with Crippen LogP contribution in [0.2, 0.25) is 0 Å². The van der Waals surface area contributed by atoms with Crippen molar-refractivity contribution in [1.82, 2.24) is 19.7 Å². The second-order valence-electron chi connectivity index (χ2n) is 7.78. The van der Waals surface area contributed by atoms with Gasteiger partial charge in [-0.05, 0) is 50.3 Å². The number of aromatic nitrogens is 4. The first-order valence-electron chi connectivity index (χ1n) is 10.0. The summed E-state index contributed by atoms with van der Waals surface area (Å²) in [4.78, 5) is 8.87. The number of alkyl halides is 2. The molecule has 1 N–H and O–H groups in total. The molecule has 1 aliphatic heterocycles. The van der Waals surface area contributed by atoms with Crippen molar-refractivity contribution in [3.05, 3.63) is 53.6 Å². The van der Waals surface area contributed by atoms with Gasteiger partial charge in [0.15, 0.2) is 11.5 Å². The molecule has 1 aliphatic carbocycles. The molecule has 3 heterocycles. The summed E-state index contributed by atoms with van der Waals surface area (Å²) in [5.41, 5.74) is 5.96. The standard InChI is InChI=1S/C22H21F2N5O2/c1-12-8-18-19(31-22(23,24)30-18)9-15(12)17-10-26-20(11-25-17)27-13(2)21-14-6-4-5-7-16(14)28-29(21)3/h8-11H,2,4-7H2,1,3H3,(H,26,27). The van der Waals surface area contributed by atoms with Gasteiger partial charge in [-0.2, -0.15) is 5.10 Å². The Kier molecular flexibility index (Phi) is 4.42. The minimum atomic E-state index is -3.65. The molecule has 3 aromatic rings. The van der Waals surface area contributed by atoms with E-state index < -0.39 is 6.29 Å². The molecule has 0 amide bonds. The van der Waals surface area contributed by atoms with E-state index in [-0.39, 0.29) is 11.5 Å². The highest BCUT2D eigenvalue weighted by atomic mass is 19.3. The van der Waals surface area contributed by atoms with Crippen LogP contribution in [0, 0.1) is 6.92 Å². The van der Waals surface area contributed by atoms with E-state index in [1.807, 2.05) is 11.7 Å². The first-order chi connectivity index (χ1) is 14.8. The molecule has 7 nitrogen and oxygen atoms in total. The predicted octanol–water partition coefficient (Wildman–Crippen LogP) is 4.47. The zero-order valence-electron chi connectivity index (χ0n) is 17.2. The number of benzene rings is 1. The van der Waals surface area contributed by atoms with Crippen molar-refractivity contribution in [3.63, 3.8) is 0 Å². The summed E-state index contributed by atoms with van der Waals surface area (Å²) in [5.74, 6) is 0.515. The van der Waals surface area contributed by atoms with Gasteiger partial charge in [-0.15, -0.1) is 8.78 Å². The maximum Gasteiger partial charge on any atom is 0.586 e. The van der Waals surface area contributed by atoms with E-state index in [0.717, 1.165) is 42.6 Å². The van der Waals surface area contributed by atoms with Gasteiger partial charge in [0.2, 0.25) is 0 Å². The van der Waals surface area contributed by atoms with Crippen LogP contribution in [0.4, 0.5) is 14.6 Å². The van der Waals surface area contributed by atoms with Gasteiger partial charge in [0, 0.05) is 18.2 Å². The number of halogens is 2. The molecule has 0 bridgehead atoms. The highest BCUT2D eigenvalue weighted by molar-refractivity contribution is 5.75. The van der Waals surface area contributed by atoms with Gasteiger partial charge >= 0.3 is 6.29 Å². The third-order valence-corrected chi connectivity index (χ3v) is 5.56. The van der Waals surface area contributed by atoms with Crippen molar-refractivity contribution < 1.29 is 18.3 Å². The Labute approximate surface area is 177 Å². The van der Waals surface area contributed by atoms with Gasteiger partial charge in [-0.1, -0.05) is 6.58 Å². The van der Waals surface area contributed by atoms with Crippen molar-refractivity contribution in [1.29, 1.82) is 0 Å². The second kappa shape index (κ2) is 7.04. The third-order valence-electron chi connectivity index (χ3n) is 5.56. The lowest BCUT2D eigenvalue weighted by Crippen LogP contribution is -2.25. The van der Waals surface area contributed by atoms with Crippen LogP contribution in [0.1, 0.15) is 35.4 Å². The largest absolute Gasteiger partial charge is 0.586 e. The molecule has 2 aliphatic rings. The lowest BCUT2D eigenvalue weighted by atomic mass is 9.95. The number of ether oxygens (including phenoxy) is 2. The van der Waals surface area contributed by atoms with Crippen LogP contribution in [0.3, 0.4) is 0 Å². The number of nitrogens with one attached hydrogen (secondary N) is 1. The second-order valence-corrected chi connectivity index (χ2v) is 7.78. The summed E-state index contributed by atoms with van der Waals surface area (Å²) in [6.45, 7) is 5.96. The van der Waals surface area contributed by atoms with E-state index in [0.29, 0.717) is 22.8 Å². The first-order valence-corrected chi connectivity index (χ1v) is 10.0. The minimum Gasteiger partial charge on any atom is -0.395 e. The zero-order chi connectivity index (χ0) is 21.8. The SMILES string of the molecule is C=C(Nc1cnc(-c2cc3c(cc2C)OC(F)(F)O3)cn1)c1c2c(nn1C)CCCC2. The molecule has 2 aromatic heterocycles. The first kappa shape index (κ1) is 19.5. The molecule has 1 aromatic carbocycles. The molecule has 0 fully saturated rings. The van der Waals surface area contributed by atoms with Crippen LogP contribution in [0.15, 0.2) is 31.1 Å². The van der Waals surface area contributed by atoms with Crippen molar-refractivity contribution in [3.8, 4) is 22.8 Å². The number of hydrogen-bond donors (Lipinski definition) is 1. The molecular weight excluding hydrogens is 404 g/mol. The van der Waals surface area contributed by atoms with Gasteiger partial charge in [-0.3, -0.25) is 9.67 Å². The van der Waals surface area contributed by atoms with E-state index in [2.05, 4.69) is 36.4 Å². The number of hydrogen-bond acceptors (Lipinski definition) is 6. The Morgan fingerprint density at radius 3 is 2.61 bits per heavy atom. The molecule has 0 saturated heterocycles. The van der Waals surface area contributed by atoms with E-state index in [9.17, 15) is 8.78 Å². The summed E-state index contributed by atoms with van der Waals surface area (Å²) in [7, 11) is 1.92. The monoisotopic (exact) mass is 425 g/mol. The average Bonchev–Trinajstić information content (AvgIpc) is 3.21. The fourth-order valence-corrected chi connectivity index (χ4v) is 4.18. The fourth-order valence-electron chi connectivity index (χ4n) is 4.18. The van der Waals surface area contributed by atoms with Gasteiger partial charge in [0.25, 0.3) is 0 Å². The molecule has 9 heteroatoms. The molecule has 0 atom stereocenters. The molecule has 160 valence electrons. The average molecular weight is 425 g/mol. The fraction of sp³-hybridized carbons (Fsp3) is 0.318. The predicted molar refractivity (Wildman–Crippen MR) is 111 cm³/mol. The van der Waals surface area contributed by atoms with E-state index in [1.165, 1.54) is 17.7 Å². The van der Waals surface area contributed by atoms with Crippen molar-refractivity contribution in [2.75, 3.05) is 5.32 Å². The zero-order valence-corrected chi connectivity index (χ0v) is 17.2. The molecule has 0 spiro atoms. The van der Waals surface area contributed by atoms with Gasteiger partial charge < -0.3 is 14.8 Å². The molecular formula is C22H21F2N5O2. The van der Waals surface area contributed by atoms with Gasteiger partial charge in [0.05, 0.1) is 35.2 Å². The van der Waals surface area contributed by atoms with Crippen LogP contribution in [-0.4, -0.2) is 26.0 Å². The number of fused-ring (bicyclic) bond motifs is 2. The Morgan fingerprint density at radius 1 is 1.13 bits per heavy atom. The van der Waals surface area contributed by atoms with Crippen molar-refractivity contribution >= 4 is 11.5 Å². The van der Waals surface area contributed by atoms with Crippen LogP contribution < -0.4 is 14.8 Å². The lowest BCUT2D eigenvalue weighted by Gasteiger charge is -2.14. The number of rotatable bonds is 4. The Bertz CT molecular complexity index is 1190. The van der Waals surface area contributed by atoms with Crippen molar-refractivity contribution in [2.45, 2.75) is 38.9 Å². The quantitative estimate of drug-likeness (QED) is 0.665. The summed E-state index contributed by atoms with van der Waals surface area (Å²) in [5, 5.41) is 7.83. The van der Waals surface area contributed by atoms with Crippen LogP contribution in [-0.2, 0) is 19.9 Å². The van der Waals surface area contributed by atoms with E-state index in [4.69, 9.17) is 0 Å². The third kappa shape index (κ3) is 3.49. The number of aryl methyl sites for hydroxylation is 3. The highest BCUT2D eigenvalue weighted by Crippen LogP contribution is 2.44. The maximum absolute atomic E-state index is 13.3. The highest BCUT2D eigenvalue weighted by Gasteiger charge is 2.43. The summed E-state index contributed by atoms with van der Waals surface area (Å²) >= 11 is 0. The smallest absolute Gasteiger partial charge is 0.395 e. The van der Waals surface area contributed by atoms with Gasteiger partial charge in [0.1, 0.15) is 5.82 Å². The molecule has 31 heavy (non-hydrogen) atoms. The molecule has 0 unspecified atom stereocenters. The molecule has 5 rings (SSSR count). The van der Waals surface area contributed by atoms with Crippen molar-refractivity contribution in [2.24, 2.45) is 7.05 Å². The molecule has 0 radical (unpaired) electrons. The summed E-state index contributed by atoms with van der Waals surface area (Å²) in [6.07, 6.45) is 3.80.